The Balaban J connectivity index is 1.87. The first kappa shape index (κ1) is 12.0. The molecule has 5 heteroatoms. The summed E-state index contributed by atoms with van der Waals surface area (Å²) in [5, 5.41) is 4.29. The molecule has 2 aromatic heterocycles. The van der Waals surface area contributed by atoms with Crippen molar-refractivity contribution in [1.29, 1.82) is 0 Å². The highest BCUT2D eigenvalue weighted by Crippen LogP contribution is 2.11. The number of carbonyl (C=O) groups excluding carboxylic acids is 1. The summed E-state index contributed by atoms with van der Waals surface area (Å²) < 4.78 is 2.59. The molecule has 0 amide bonds. The lowest BCUT2D eigenvalue weighted by atomic mass is 10.1. The fraction of sp³-hybridized carbons (Fsp3) is 0.0714. The van der Waals surface area contributed by atoms with Gasteiger partial charge in [-0.05, 0) is 28.1 Å². The molecule has 0 N–H and O–H groups in total. The summed E-state index contributed by atoms with van der Waals surface area (Å²) in [5.41, 5.74) is 1.42. The molecule has 3 aromatic rings. The minimum atomic E-state index is 0.0237. The van der Waals surface area contributed by atoms with E-state index in [2.05, 4.69) is 26.0 Å². The second-order valence-corrected chi connectivity index (χ2v) is 5.06. The Hall–Kier alpha value is -2.01. The molecule has 0 saturated heterocycles. The Morgan fingerprint density at radius 3 is 2.74 bits per heavy atom. The van der Waals surface area contributed by atoms with Gasteiger partial charge in [0.1, 0.15) is 0 Å². The molecule has 2 heterocycles. The molecule has 19 heavy (non-hydrogen) atoms. The third kappa shape index (κ3) is 2.56. The number of fused-ring (bicyclic) bond motifs is 1. The molecular weight excluding hydrogens is 306 g/mol. The van der Waals surface area contributed by atoms with Crippen LogP contribution in [0.4, 0.5) is 0 Å². The maximum Gasteiger partial charge on any atom is 0.170 e. The highest BCUT2D eigenvalue weighted by Gasteiger charge is 2.11. The van der Waals surface area contributed by atoms with E-state index >= 15 is 0 Å². The van der Waals surface area contributed by atoms with Crippen molar-refractivity contribution >= 4 is 27.4 Å². The molecule has 0 atom stereocenters. The van der Waals surface area contributed by atoms with Gasteiger partial charge in [0.2, 0.25) is 0 Å². The largest absolute Gasteiger partial charge is 0.294 e. The molecule has 4 nitrogen and oxygen atoms in total. The van der Waals surface area contributed by atoms with E-state index in [0.29, 0.717) is 11.4 Å². The van der Waals surface area contributed by atoms with Crippen LogP contribution in [0, 0.1) is 0 Å². The zero-order chi connectivity index (χ0) is 13.2. The number of aromatic nitrogens is 3. The van der Waals surface area contributed by atoms with Crippen LogP contribution in [0.15, 0.2) is 53.1 Å². The SMILES string of the molecule is O=C(Cc1nc2ccc(Br)cn2n1)c1ccccc1. The Morgan fingerprint density at radius 1 is 1.16 bits per heavy atom. The number of nitrogens with zero attached hydrogens (tertiary/aromatic N) is 3. The molecule has 0 radical (unpaired) electrons. The summed E-state index contributed by atoms with van der Waals surface area (Å²) in [6.07, 6.45) is 2.03. The standard InChI is InChI=1S/C14H10BrN3O/c15-11-6-7-14-16-13(17-18(14)9-11)8-12(19)10-4-2-1-3-5-10/h1-7,9H,8H2. The van der Waals surface area contributed by atoms with Crippen molar-refractivity contribution in [2.45, 2.75) is 6.42 Å². The van der Waals surface area contributed by atoms with Gasteiger partial charge in [0.05, 0.1) is 6.42 Å². The average Bonchev–Trinajstić information content (AvgIpc) is 2.81. The molecule has 0 fully saturated rings. The van der Waals surface area contributed by atoms with E-state index in [0.717, 1.165) is 10.1 Å². The maximum absolute atomic E-state index is 12.1. The second-order valence-electron chi connectivity index (χ2n) is 4.14. The van der Waals surface area contributed by atoms with Gasteiger partial charge in [0.25, 0.3) is 0 Å². The Bertz CT molecular complexity index is 737. The normalized spacial score (nSPS) is 10.8. The number of carbonyl (C=O) groups is 1. The third-order valence-electron chi connectivity index (χ3n) is 2.75. The van der Waals surface area contributed by atoms with Gasteiger partial charge in [0.15, 0.2) is 17.3 Å². The lowest BCUT2D eigenvalue weighted by molar-refractivity contribution is 0.0991. The van der Waals surface area contributed by atoms with Crippen LogP contribution in [0.2, 0.25) is 0 Å². The topological polar surface area (TPSA) is 47.3 Å². The van der Waals surface area contributed by atoms with Crippen LogP contribution in [0.1, 0.15) is 16.2 Å². The summed E-state index contributed by atoms with van der Waals surface area (Å²) >= 11 is 3.37. The molecule has 0 aliphatic carbocycles. The van der Waals surface area contributed by atoms with E-state index in [9.17, 15) is 4.79 Å². The highest BCUT2D eigenvalue weighted by molar-refractivity contribution is 9.10. The summed E-state index contributed by atoms with van der Waals surface area (Å²) in [6.45, 7) is 0. The quantitative estimate of drug-likeness (QED) is 0.698. The number of pyridine rings is 1. The van der Waals surface area contributed by atoms with Crippen LogP contribution in [0.5, 0.6) is 0 Å². The van der Waals surface area contributed by atoms with Crippen molar-refractivity contribution in [2.24, 2.45) is 0 Å². The number of halogens is 1. The molecule has 0 aliphatic heterocycles. The number of ketones is 1. The predicted molar refractivity (Wildman–Crippen MR) is 75.2 cm³/mol. The van der Waals surface area contributed by atoms with Crippen molar-refractivity contribution < 1.29 is 4.79 Å². The first-order valence-corrected chi connectivity index (χ1v) is 6.61. The molecule has 0 bridgehead atoms. The first-order valence-electron chi connectivity index (χ1n) is 5.81. The molecule has 1 aromatic carbocycles. The lowest BCUT2D eigenvalue weighted by Gasteiger charge is -1.96. The van der Waals surface area contributed by atoms with E-state index in [1.165, 1.54) is 0 Å². The Labute approximate surface area is 118 Å². The van der Waals surface area contributed by atoms with E-state index in [4.69, 9.17) is 0 Å². The third-order valence-corrected chi connectivity index (χ3v) is 3.22. The molecule has 3 rings (SSSR count). The minimum Gasteiger partial charge on any atom is -0.294 e. The van der Waals surface area contributed by atoms with Gasteiger partial charge in [-0.1, -0.05) is 30.3 Å². The van der Waals surface area contributed by atoms with Gasteiger partial charge >= 0.3 is 0 Å². The zero-order valence-electron chi connectivity index (χ0n) is 9.95. The molecule has 0 saturated carbocycles. The smallest absolute Gasteiger partial charge is 0.170 e. The summed E-state index contributed by atoms with van der Waals surface area (Å²) in [4.78, 5) is 16.4. The summed E-state index contributed by atoms with van der Waals surface area (Å²) in [6, 6.07) is 12.9. The Kier molecular flexibility index (Phi) is 3.13. The van der Waals surface area contributed by atoms with Crippen molar-refractivity contribution in [3.63, 3.8) is 0 Å². The van der Waals surface area contributed by atoms with Gasteiger partial charge in [-0.15, -0.1) is 0 Å². The second kappa shape index (κ2) is 4.93. The van der Waals surface area contributed by atoms with Crippen LogP contribution < -0.4 is 0 Å². The first-order chi connectivity index (χ1) is 9.22. The number of Topliss-reactive ketones (excluding diaryl/α,β-unsaturated/α-hetero) is 1. The highest BCUT2D eigenvalue weighted by atomic mass is 79.9. The Morgan fingerprint density at radius 2 is 1.95 bits per heavy atom. The van der Waals surface area contributed by atoms with Crippen molar-refractivity contribution in [1.82, 2.24) is 14.6 Å². The van der Waals surface area contributed by atoms with Crippen LogP contribution in [-0.2, 0) is 6.42 Å². The number of hydrogen-bond acceptors (Lipinski definition) is 3. The molecule has 0 unspecified atom stereocenters. The molecule has 94 valence electrons. The molecule has 0 spiro atoms. The number of hydrogen-bond donors (Lipinski definition) is 0. The van der Waals surface area contributed by atoms with E-state index in [1.807, 2.05) is 36.5 Å². The number of benzene rings is 1. The zero-order valence-corrected chi connectivity index (χ0v) is 11.5. The fourth-order valence-corrected chi connectivity index (χ4v) is 2.17. The molecular formula is C14H10BrN3O. The predicted octanol–water partition coefficient (Wildman–Crippen LogP) is 2.92. The van der Waals surface area contributed by atoms with Crippen LogP contribution in [0.3, 0.4) is 0 Å². The summed E-state index contributed by atoms with van der Waals surface area (Å²) in [7, 11) is 0. The van der Waals surface area contributed by atoms with Gasteiger partial charge in [-0.25, -0.2) is 9.50 Å². The van der Waals surface area contributed by atoms with Crippen LogP contribution in [0.25, 0.3) is 5.65 Å². The van der Waals surface area contributed by atoms with E-state index in [1.54, 1.807) is 16.6 Å². The monoisotopic (exact) mass is 315 g/mol. The minimum absolute atomic E-state index is 0.0237. The van der Waals surface area contributed by atoms with E-state index < -0.39 is 0 Å². The number of rotatable bonds is 3. The maximum atomic E-state index is 12.1. The van der Waals surface area contributed by atoms with Gasteiger partial charge in [0, 0.05) is 16.2 Å². The van der Waals surface area contributed by atoms with Crippen LogP contribution >= 0.6 is 15.9 Å². The van der Waals surface area contributed by atoms with E-state index in [-0.39, 0.29) is 12.2 Å². The molecule has 0 aliphatic rings. The van der Waals surface area contributed by atoms with Gasteiger partial charge < -0.3 is 0 Å². The van der Waals surface area contributed by atoms with Gasteiger partial charge in [-0.3, -0.25) is 4.79 Å². The lowest BCUT2D eigenvalue weighted by Crippen LogP contribution is -2.04. The van der Waals surface area contributed by atoms with Crippen LogP contribution in [-0.4, -0.2) is 20.4 Å². The van der Waals surface area contributed by atoms with Crippen molar-refractivity contribution in [3.05, 3.63) is 64.5 Å². The van der Waals surface area contributed by atoms with Gasteiger partial charge in [-0.2, -0.15) is 5.10 Å². The van der Waals surface area contributed by atoms with Crippen molar-refractivity contribution in [3.8, 4) is 0 Å². The summed E-state index contributed by atoms with van der Waals surface area (Å²) in [5.74, 6) is 0.558. The average molecular weight is 316 g/mol. The fourth-order valence-electron chi connectivity index (χ4n) is 1.85. The van der Waals surface area contributed by atoms with Crippen molar-refractivity contribution in [2.75, 3.05) is 0 Å².